The Labute approximate surface area is 108 Å². The Morgan fingerprint density at radius 2 is 2.17 bits per heavy atom. The molecule has 1 aromatic heterocycles. The van der Waals surface area contributed by atoms with Gasteiger partial charge in [-0.05, 0) is 36.8 Å². The molecular formula is C15H20N2O. The molecule has 1 fully saturated rings. The van der Waals surface area contributed by atoms with E-state index < -0.39 is 0 Å². The SMILES string of the molecule is CC1(C)CCCC(Nc2noc3ccccc23)C1. The van der Waals surface area contributed by atoms with Crippen molar-refractivity contribution in [2.24, 2.45) is 5.41 Å². The Balaban J connectivity index is 1.80. The lowest BCUT2D eigenvalue weighted by Gasteiger charge is -2.35. The van der Waals surface area contributed by atoms with E-state index in [0.717, 1.165) is 16.8 Å². The van der Waals surface area contributed by atoms with Gasteiger partial charge in [0.15, 0.2) is 11.4 Å². The van der Waals surface area contributed by atoms with Crippen molar-refractivity contribution < 1.29 is 4.52 Å². The quantitative estimate of drug-likeness (QED) is 0.860. The van der Waals surface area contributed by atoms with Crippen LogP contribution in [-0.4, -0.2) is 11.2 Å². The van der Waals surface area contributed by atoms with E-state index in [1.807, 2.05) is 18.2 Å². The highest BCUT2D eigenvalue weighted by molar-refractivity contribution is 5.87. The number of nitrogens with one attached hydrogen (secondary N) is 1. The van der Waals surface area contributed by atoms with E-state index in [1.54, 1.807) is 0 Å². The molecule has 0 amide bonds. The van der Waals surface area contributed by atoms with Gasteiger partial charge < -0.3 is 9.84 Å². The first-order valence-corrected chi connectivity index (χ1v) is 6.75. The number of benzene rings is 1. The van der Waals surface area contributed by atoms with Crippen LogP contribution in [0, 0.1) is 5.41 Å². The standard InChI is InChI=1S/C15H20N2O/c1-15(2)9-5-6-11(10-15)16-14-12-7-3-4-8-13(12)18-17-14/h3-4,7-8,11H,5-6,9-10H2,1-2H3,(H,16,17). The minimum Gasteiger partial charge on any atom is -0.364 e. The van der Waals surface area contributed by atoms with E-state index in [9.17, 15) is 0 Å². The Morgan fingerprint density at radius 1 is 1.33 bits per heavy atom. The molecule has 1 unspecified atom stereocenters. The summed E-state index contributed by atoms with van der Waals surface area (Å²) in [5, 5.41) is 8.79. The lowest BCUT2D eigenvalue weighted by molar-refractivity contribution is 0.229. The Bertz CT molecular complexity index is 544. The molecule has 0 radical (unpaired) electrons. The molecule has 18 heavy (non-hydrogen) atoms. The summed E-state index contributed by atoms with van der Waals surface area (Å²) in [5.74, 6) is 0.897. The third-order valence-corrected chi connectivity index (χ3v) is 3.92. The molecule has 1 saturated carbocycles. The fourth-order valence-corrected chi connectivity index (χ4v) is 3.00. The predicted octanol–water partition coefficient (Wildman–Crippen LogP) is 4.21. The summed E-state index contributed by atoms with van der Waals surface area (Å²) in [6.07, 6.45) is 5.05. The first-order valence-electron chi connectivity index (χ1n) is 6.75. The van der Waals surface area contributed by atoms with Crippen molar-refractivity contribution in [1.29, 1.82) is 0 Å². The third-order valence-electron chi connectivity index (χ3n) is 3.92. The highest BCUT2D eigenvalue weighted by atomic mass is 16.5. The van der Waals surface area contributed by atoms with Gasteiger partial charge in [0.25, 0.3) is 0 Å². The molecule has 3 nitrogen and oxygen atoms in total. The zero-order valence-electron chi connectivity index (χ0n) is 11.1. The summed E-state index contributed by atoms with van der Waals surface area (Å²) in [6.45, 7) is 4.70. The Morgan fingerprint density at radius 3 is 3.00 bits per heavy atom. The van der Waals surface area contributed by atoms with Gasteiger partial charge in [-0.1, -0.05) is 37.6 Å². The van der Waals surface area contributed by atoms with Crippen molar-refractivity contribution in [2.75, 3.05) is 5.32 Å². The Kier molecular flexibility index (Phi) is 2.77. The molecule has 0 bridgehead atoms. The van der Waals surface area contributed by atoms with E-state index in [2.05, 4.69) is 30.4 Å². The molecule has 2 aromatic rings. The number of rotatable bonds is 2. The van der Waals surface area contributed by atoms with Crippen LogP contribution in [0.25, 0.3) is 11.0 Å². The monoisotopic (exact) mass is 244 g/mol. The number of nitrogens with zero attached hydrogens (tertiary/aromatic N) is 1. The second kappa shape index (κ2) is 4.30. The van der Waals surface area contributed by atoms with Crippen molar-refractivity contribution in [3.05, 3.63) is 24.3 Å². The van der Waals surface area contributed by atoms with E-state index in [0.29, 0.717) is 11.5 Å². The van der Waals surface area contributed by atoms with Crippen LogP contribution >= 0.6 is 0 Å². The van der Waals surface area contributed by atoms with E-state index >= 15 is 0 Å². The second-order valence-electron chi connectivity index (χ2n) is 6.13. The van der Waals surface area contributed by atoms with Gasteiger partial charge in [-0.25, -0.2) is 0 Å². The van der Waals surface area contributed by atoms with Crippen LogP contribution < -0.4 is 5.32 Å². The van der Waals surface area contributed by atoms with Gasteiger partial charge in [-0.3, -0.25) is 0 Å². The predicted molar refractivity (Wildman–Crippen MR) is 73.7 cm³/mol. The maximum atomic E-state index is 5.33. The molecule has 1 aromatic carbocycles. The van der Waals surface area contributed by atoms with Crippen molar-refractivity contribution in [2.45, 2.75) is 45.6 Å². The molecule has 3 rings (SSSR count). The fraction of sp³-hybridized carbons (Fsp3) is 0.533. The van der Waals surface area contributed by atoms with Crippen LogP contribution in [0.1, 0.15) is 39.5 Å². The largest absolute Gasteiger partial charge is 0.364 e. The molecule has 1 aliphatic rings. The number of hydrogen-bond donors (Lipinski definition) is 1. The second-order valence-corrected chi connectivity index (χ2v) is 6.13. The zero-order valence-corrected chi connectivity index (χ0v) is 11.1. The first kappa shape index (κ1) is 11.6. The van der Waals surface area contributed by atoms with Crippen molar-refractivity contribution in [3.63, 3.8) is 0 Å². The van der Waals surface area contributed by atoms with Crippen molar-refractivity contribution >= 4 is 16.8 Å². The smallest absolute Gasteiger partial charge is 0.177 e. The molecule has 1 aliphatic carbocycles. The van der Waals surface area contributed by atoms with Gasteiger partial charge >= 0.3 is 0 Å². The summed E-state index contributed by atoms with van der Waals surface area (Å²) >= 11 is 0. The zero-order chi connectivity index (χ0) is 12.6. The van der Waals surface area contributed by atoms with Crippen LogP contribution in [0.2, 0.25) is 0 Å². The summed E-state index contributed by atoms with van der Waals surface area (Å²) in [4.78, 5) is 0. The van der Waals surface area contributed by atoms with Gasteiger partial charge in [0.2, 0.25) is 0 Å². The minimum atomic E-state index is 0.440. The number of aromatic nitrogens is 1. The van der Waals surface area contributed by atoms with Gasteiger partial charge in [-0.15, -0.1) is 0 Å². The number of para-hydroxylation sites is 1. The summed E-state index contributed by atoms with van der Waals surface area (Å²) in [6, 6.07) is 8.53. The maximum absolute atomic E-state index is 5.33. The molecule has 96 valence electrons. The van der Waals surface area contributed by atoms with Crippen LogP contribution in [0.3, 0.4) is 0 Å². The summed E-state index contributed by atoms with van der Waals surface area (Å²) in [5.41, 5.74) is 1.30. The molecule has 1 atom stereocenters. The van der Waals surface area contributed by atoms with Crippen LogP contribution in [0.4, 0.5) is 5.82 Å². The molecule has 1 heterocycles. The van der Waals surface area contributed by atoms with Crippen LogP contribution in [0.15, 0.2) is 28.8 Å². The van der Waals surface area contributed by atoms with E-state index in [1.165, 1.54) is 25.7 Å². The minimum absolute atomic E-state index is 0.440. The average Bonchev–Trinajstić information content (AvgIpc) is 2.72. The molecule has 0 saturated heterocycles. The number of hydrogen-bond acceptors (Lipinski definition) is 3. The van der Waals surface area contributed by atoms with Gasteiger partial charge in [0.05, 0.1) is 5.39 Å². The van der Waals surface area contributed by atoms with Gasteiger partial charge in [-0.2, -0.15) is 0 Å². The van der Waals surface area contributed by atoms with Crippen LogP contribution in [0.5, 0.6) is 0 Å². The van der Waals surface area contributed by atoms with Crippen molar-refractivity contribution in [1.82, 2.24) is 5.16 Å². The number of anilines is 1. The normalized spacial score (nSPS) is 23.1. The average molecular weight is 244 g/mol. The van der Waals surface area contributed by atoms with Crippen LogP contribution in [-0.2, 0) is 0 Å². The molecule has 3 heteroatoms. The number of fused-ring (bicyclic) bond motifs is 1. The fourth-order valence-electron chi connectivity index (χ4n) is 3.00. The highest BCUT2D eigenvalue weighted by Crippen LogP contribution is 2.36. The first-order chi connectivity index (χ1) is 8.64. The topological polar surface area (TPSA) is 38.1 Å². The Hall–Kier alpha value is -1.51. The lowest BCUT2D eigenvalue weighted by atomic mass is 9.75. The van der Waals surface area contributed by atoms with Gasteiger partial charge in [0, 0.05) is 6.04 Å². The lowest BCUT2D eigenvalue weighted by Crippen LogP contribution is -2.31. The summed E-state index contributed by atoms with van der Waals surface area (Å²) < 4.78 is 5.33. The molecule has 1 N–H and O–H groups in total. The summed E-state index contributed by atoms with van der Waals surface area (Å²) in [7, 11) is 0. The van der Waals surface area contributed by atoms with Crippen molar-refractivity contribution in [3.8, 4) is 0 Å². The van der Waals surface area contributed by atoms with E-state index in [-0.39, 0.29) is 0 Å². The molecular weight excluding hydrogens is 224 g/mol. The third kappa shape index (κ3) is 2.22. The molecule has 0 aliphatic heterocycles. The molecule has 0 spiro atoms. The van der Waals surface area contributed by atoms with Gasteiger partial charge in [0.1, 0.15) is 0 Å². The maximum Gasteiger partial charge on any atom is 0.177 e. The highest BCUT2D eigenvalue weighted by Gasteiger charge is 2.28. The van der Waals surface area contributed by atoms with E-state index in [4.69, 9.17) is 4.52 Å².